The van der Waals surface area contributed by atoms with Gasteiger partial charge >= 0.3 is 0 Å². The Balaban J connectivity index is 2.18. The average Bonchev–Trinajstić information content (AvgIpc) is 2.85. The van der Waals surface area contributed by atoms with Gasteiger partial charge < -0.3 is 10.3 Å². The van der Waals surface area contributed by atoms with E-state index in [9.17, 15) is 4.79 Å². The molecule has 106 valence electrons. The predicted octanol–water partition coefficient (Wildman–Crippen LogP) is 3.94. The van der Waals surface area contributed by atoms with E-state index in [0.29, 0.717) is 5.57 Å². The average molecular weight is 270 g/mol. The van der Waals surface area contributed by atoms with Gasteiger partial charge in [-0.3, -0.25) is 4.79 Å². The third kappa shape index (κ3) is 3.50. The molecule has 1 aromatic carbocycles. The van der Waals surface area contributed by atoms with Crippen molar-refractivity contribution in [2.24, 2.45) is 5.73 Å². The van der Waals surface area contributed by atoms with E-state index in [1.165, 1.54) is 18.2 Å². The van der Waals surface area contributed by atoms with Crippen molar-refractivity contribution in [3.05, 3.63) is 42.1 Å². The van der Waals surface area contributed by atoms with Crippen LogP contribution in [-0.4, -0.2) is 10.5 Å². The van der Waals surface area contributed by atoms with Crippen LogP contribution in [0, 0.1) is 0 Å². The lowest BCUT2D eigenvalue weighted by Gasteiger charge is -2.05. The van der Waals surface area contributed by atoms with Crippen LogP contribution < -0.4 is 5.73 Å². The SMILES string of the molecule is CCCCCC/C(=C\n1ccc2ccccc21)C(N)=O. The number of para-hydroxylation sites is 1. The first-order chi connectivity index (χ1) is 9.72. The van der Waals surface area contributed by atoms with Gasteiger partial charge in [0, 0.05) is 18.0 Å². The van der Waals surface area contributed by atoms with E-state index in [4.69, 9.17) is 5.73 Å². The number of unbranched alkanes of at least 4 members (excludes halogenated alkanes) is 3. The number of hydrogen-bond acceptors (Lipinski definition) is 1. The Morgan fingerprint density at radius 1 is 1.20 bits per heavy atom. The zero-order chi connectivity index (χ0) is 14.4. The minimum Gasteiger partial charge on any atom is -0.366 e. The smallest absolute Gasteiger partial charge is 0.246 e. The van der Waals surface area contributed by atoms with E-state index in [-0.39, 0.29) is 5.91 Å². The van der Waals surface area contributed by atoms with Gasteiger partial charge in [0.25, 0.3) is 0 Å². The fraction of sp³-hybridized carbons (Fsp3) is 0.353. The second-order valence-corrected chi connectivity index (χ2v) is 5.11. The summed E-state index contributed by atoms with van der Waals surface area (Å²) in [4.78, 5) is 11.6. The summed E-state index contributed by atoms with van der Waals surface area (Å²) in [7, 11) is 0. The lowest BCUT2D eigenvalue weighted by atomic mass is 10.1. The van der Waals surface area contributed by atoms with E-state index in [0.717, 1.165) is 24.8 Å². The summed E-state index contributed by atoms with van der Waals surface area (Å²) in [6.07, 6.45) is 9.16. The monoisotopic (exact) mass is 270 g/mol. The molecular formula is C17H22N2O. The molecule has 1 amide bonds. The van der Waals surface area contributed by atoms with Gasteiger partial charge in [0.05, 0.1) is 5.52 Å². The highest BCUT2D eigenvalue weighted by Crippen LogP contribution is 2.18. The van der Waals surface area contributed by atoms with Crippen LogP contribution in [0.4, 0.5) is 0 Å². The lowest BCUT2D eigenvalue weighted by molar-refractivity contribution is -0.114. The summed E-state index contributed by atoms with van der Waals surface area (Å²) in [6, 6.07) is 10.2. The normalized spacial score (nSPS) is 11.9. The summed E-state index contributed by atoms with van der Waals surface area (Å²) >= 11 is 0. The molecule has 20 heavy (non-hydrogen) atoms. The zero-order valence-electron chi connectivity index (χ0n) is 12.0. The number of hydrogen-bond donors (Lipinski definition) is 1. The molecule has 0 aliphatic carbocycles. The van der Waals surface area contributed by atoms with Gasteiger partial charge in [0.2, 0.25) is 5.91 Å². The van der Waals surface area contributed by atoms with Gasteiger partial charge in [-0.15, -0.1) is 0 Å². The molecule has 3 nitrogen and oxygen atoms in total. The van der Waals surface area contributed by atoms with Crippen LogP contribution in [-0.2, 0) is 4.79 Å². The first-order valence-corrected chi connectivity index (χ1v) is 7.28. The number of amides is 1. The fourth-order valence-corrected chi connectivity index (χ4v) is 2.38. The highest BCUT2D eigenvalue weighted by atomic mass is 16.1. The van der Waals surface area contributed by atoms with Gasteiger partial charge in [-0.25, -0.2) is 0 Å². The minimum absolute atomic E-state index is 0.320. The van der Waals surface area contributed by atoms with E-state index in [2.05, 4.69) is 13.0 Å². The second kappa shape index (κ2) is 6.94. The van der Waals surface area contributed by atoms with Gasteiger partial charge in [0.1, 0.15) is 0 Å². The number of nitrogens with two attached hydrogens (primary N) is 1. The van der Waals surface area contributed by atoms with Gasteiger partial charge in [-0.2, -0.15) is 0 Å². The van der Waals surface area contributed by atoms with Crippen LogP contribution >= 0.6 is 0 Å². The molecular weight excluding hydrogens is 248 g/mol. The van der Waals surface area contributed by atoms with Crippen molar-refractivity contribution in [1.82, 2.24) is 4.57 Å². The van der Waals surface area contributed by atoms with Crippen molar-refractivity contribution in [2.45, 2.75) is 39.0 Å². The van der Waals surface area contributed by atoms with Crippen LogP contribution in [0.25, 0.3) is 17.1 Å². The van der Waals surface area contributed by atoms with Crippen molar-refractivity contribution in [1.29, 1.82) is 0 Å². The molecule has 0 bridgehead atoms. The third-order valence-electron chi connectivity index (χ3n) is 3.54. The van der Waals surface area contributed by atoms with Crippen LogP contribution in [0.15, 0.2) is 42.1 Å². The summed E-state index contributed by atoms with van der Waals surface area (Å²) in [6.45, 7) is 2.18. The summed E-state index contributed by atoms with van der Waals surface area (Å²) < 4.78 is 1.98. The molecule has 3 heteroatoms. The van der Waals surface area contributed by atoms with E-state index >= 15 is 0 Å². The van der Waals surface area contributed by atoms with E-state index < -0.39 is 0 Å². The van der Waals surface area contributed by atoms with E-state index in [1.807, 2.05) is 41.2 Å². The molecule has 0 atom stereocenters. The number of rotatable bonds is 7. The predicted molar refractivity (Wildman–Crippen MR) is 84.2 cm³/mol. The molecule has 2 N–H and O–H groups in total. The molecule has 0 fully saturated rings. The summed E-state index contributed by atoms with van der Waals surface area (Å²) in [5.74, 6) is -0.320. The molecule has 1 aromatic heterocycles. The van der Waals surface area contributed by atoms with Crippen molar-refractivity contribution in [3.8, 4) is 0 Å². The van der Waals surface area contributed by atoms with Gasteiger partial charge in [-0.1, -0.05) is 44.4 Å². The second-order valence-electron chi connectivity index (χ2n) is 5.11. The van der Waals surface area contributed by atoms with Gasteiger partial charge in [-0.05, 0) is 30.4 Å². The quantitative estimate of drug-likeness (QED) is 0.601. The molecule has 0 spiro atoms. The molecule has 2 aromatic rings. The maximum atomic E-state index is 11.6. The molecule has 0 aliphatic rings. The van der Waals surface area contributed by atoms with Gasteiger partial charge in [0.15, 0.2) is 0 Å². The number of carbonyl (C=O) groups excluding carboxylic acids is 1. The standard InChI is InChI=1S/C17H22N2O/c1-2-3-4-5-9-15(17(18)20)13-19-12-11-14-8-6-7-10-16(14)19/h6-8,10-13H,2-5,9H2,1H3,(H2,18,20)/b15-13+. The molecule has 0 saturated carbocycles. The Hall–Kier alpha value is -2.03. The number of aromatic nitrogens is 1. The topological polar surface area (TPSA) is 48.0 Å². The number of benzene rings is 1. The molecule has 0 unspecified atom stereocenters. The Morgan fingerprint density at radius 3 is 2.75 bits per heavy atom. The lowest BCUT2D eigenvalue weighted by Crippen LogP contribution is -2.14. The number of primary amides is 1. The first-order valence-electron chi connectivity index (χ1n) is 7.28. The van der Waals surface area contributed by atoms with Crippen LogP contribution in [0.2, 0.25) is 0 Å². The van der Waals surface area contributed by atoms with E-state index in [1.54, 1.807) is 0 Å². The number of fused-ring (bicyclic) bond motifs is 1. The van der Waals surface area contributed by atoms with Crippen molar-refractivity contribution in [2.75, 3.05) is 0 Å². The summed E-state index contributed by atoms with van der Waals surface area (Å²) in [5.41, 5.74) is 7.29. The molecule has 0 aliphatic heterocycles. The maximum absolute atomic E-state index is 11.6. The highest BCUT2D eigenvalue weighted by Gasteiger charge is 2.06. The molecule has 1 heterocycles. The zero-order valence-corrected chi connectivity index (χ0v) is 12.0. The Labute approximate surface area is 120 Å². The van der Waals surface area contributed by atoms with Crippen LogP contribution in [0.1, 0.15) is 39.0 Å². The van der Waals surface area contributed by atoms with Crippen molar-refractivity contribution >= 4 is 23.0 Å². The Bertz CT molecular complexity index is 610. The van der Waals surface area contributed by atoms with Crippen molar-refractivity contribution in [3.63, 3.8) is 0 Å². The molecule has 0 radical (unpaired) electrons. The summed E-state index contributed by atoms with van der Waals surface area (Å²) in [5, 5.41) is 1.17. The van der Waals surface area contributed by atoms with Crippen molar-refractivity contribution < 1.29 is 4.79 Å². The first kappa shape index (κ1) is 14.4. The maximum Gasteiger partial charge on any atom is 0.246 e. The number of nitrogens with zero attached hydrogens (tertiary/aromatic N) is 1. The Morgan fingerprint density at radius 2 is 2.00 bits per heavy atom. The Kier molecular flexibility index (Phi) is 4.99. The van der Waals surface area contributed by atoms with Crippen LogP contribution in [0.5, 0.6) is 0 Å². The third-order valence-corrected chi connectivity index (χ3v) is 3.54. The molecule has 0 saturated heterocycles. The minimum atomic E-state index is -0.320. The molecule has 2 rings (SSSR count). The highest BCUT2D eigenvalue weighted by molar-refractivity contribution is 5.95. The largest absolute Gasteiger partial charge is 0.366 e. The number of carbonyl (C=O) groups is 1. The fourth-order valence-electron chi connectivity index (χ4n) is 2.38. The van der Waals surface area contributed by atoms with Crippen LogP contribution in [0.3, 0.4) is 0 Å².